The van der Waals surface area contributed by atoms with Gasteiger partial charge in [0.1, 0.15) is 5.75 Å². The Bertz CT molecular complexity index is 445. The van der Waals surface area contributed by atoms with Gasteiger partial charge < -0.3 is 4.74 Å². The number of fused-ring (bicyclic) bond motifs is 1. The molecule has 13 heavy (non-hydrogen) atoms. The fourth-order valence-electron chi connectivity index (χ4n) is 1.33. The van der Waals surface area contributed by atoms with E-state index in [1.54, 1.807) is 24.5 Å². The Morgan fingerprint density at radius 1 is 1.38 bits per heavy atom. The van der Waals surface area contributed by atoms with Gasteiger partial charge >= 0.3 is 0 Å². The summed E-state index contributed by atoms with van der Waals surface area (Å²) < 4.78 is 6.17. The normalized spacial score (nSPS) is 10.2. The average Bonchev–Trinajstić information content (AvgIpc) is 2.64. The van der Waals surface area contributed by atoms with E-state index in [0.717, 1.165) is 27.7 Å². The van der Waals surface area contributed by atoms with Crippen molar-refractivity contribution >= 4 is 27.7 Å². The van der Waals surface area contributed by atoms with E-state index in [1.165, 1.54) is 0 Å². The van der Waals surface area contributed by atoms with Gasteiger partial charge in [0.05, 0.1) is 7.11 Å². The van der Waals surface area contributed by atoms with Gasteiger partial charge in [-0.15, -0.1) is 11.3 Å². The Morgan fingerprint density at radius 3 is 2.92 bits per heavy atom. The van der Waals surface area contributed by atoms with Crippen molar-refractivity contribution in [3.63, 3.8) is 0 Å². The molecule has 1 heterocycles. The second-order valence-corrected chi connectivity index (χ2v) is 3.55. The van der Waals surface area contributed by atoms with Gasteiger partial charge in [0.25, 0.3) is 0 Å². The maximum atomic E-state index is 10.7. The van der Waals surface area contributed by atoms with Crippen molar-refractivity contribution in [3.05, 3.63) is 29.1 Å². The van der Waals surface area contributed by atoms with Crippen molar-refractivity contribution in [2.75, 3.05) is 7.11 Å². The third-order valence-corrected chi connectivity index (χ3v) is 2.92. The quantitative estimate of drug-likeness (QED) is 0.684. The summed E-state index contributed by atoms with van der Waals surface area (Å²) >= 11 is 1.56. The fourth-order valence-corrected chi connectivity index (χ4v) is 2.22. The van der Waals surface area contributed by atoms with Crippen LogP contribution in [0.4, 0.5) is 0 Å². The number of rotatable bonds is 2. The first-order chi connectivity index (χ1) is 6.36. The molecule has 0 amide bonds. The van der Waals surface area contributed by atoms with Crippen molar-refractivity contribution in [1.82, 2.24) is 0 Å². The third-order valence-electron chi connectivity index (χ3n) is 1.95. The third kappa shape index (κ3) is 1.21. The second kappa shape index (κ2) is 3.18. The van der Waals surface area contributed by atoms with E-state index in [0.29, 0.717) is 0 Å². The lowest BCUT2D eigenvalue weighted by Crippen LogP contribution is -1.85. The predicted octanol–water partition coefficient (Wildman–Crippen LogP) is 2.72. The predicted molar refractivity (Wildman–Crippen MR) is 53.8 cm³/mol. The molecule has 0 aliphatic rings. The Balaban J connectivity index is 2.81. The number of hydrogen-bond acceptors (Lipinski definition) is 3. The number of benzene rings is 1. The fraction of sp³-hybridized carbons (Fsp3) is 0.100. The molecule has 0 saturated carbocycles. The smallest absolute Gasteiger partial charge is 0.151 e. The van der Waals surface area contributed by atoms with Crippen LogP contribution in [0.15, 0.2) is 23.6 Å². The zero-order valence-corrected chi connectivity index (χ0v) is 7.93. The summed E-state index contributed by atoms with van der Waals surface area (Å²) in [5.41, 5.74) is 0.728. The second-order valence-electron chi connectivity index (χ2n) is 2.64. The molecule has 66 valence electrons. The first kappa shape index (κ1) is 8.26. The summed E-state index contributed by atoms with van der Waals surface area (Å²) in [6, 6.07) is 5.56. The molecule has 0 N–H and O–H groups in total. The number of aldehydes is 1. The van der Waals surface area contributed by atoms with Crippen LogP contribution in [0.25, 0.3) is 10.1 Å². The molecule has 0 bridgehead atoms. The number of hydrogen-bond donors (Lipinski definition) is 0. The molecule has 3 heteroatoms. The van der Waals surface area contributed by atoms with Crippen LogP contribution >= 0.6 is 11.3 Å². The van der Waals surface area contributed by atoms with Gasteiger partial charge in [-0.3, -0.25) is 4.79 Å². The molecule has 0 spiro atoms. The van der Waals surface area contributed by atoms with Crippen molar-refractivity contribution in [2.24, 2.45) is 0 Å². The molecule has 0 aliphatic carbocycles. The highest BCUT2D eigenvalue weighted by Crippen LogP contribution is 2.31. The number of thiophene rings is 1. The molecule has 0 aliphatic heterocycles. The minimum Gasteiger partial charge on any atom is -0.496 e. The minimum atomic E-state index is 0.728. The van der Waals surface area contributed by atoms with Gasteiger partial charge in [-0.1, -0.05) is 0 Å². The molecule has 0 saturated heterocycles. The van der Waals surface area contributed by atoms with Crippen molar-refractivity contribution < 1.29 is 9.53 Å². The topological polar surface area (TPSA) is 26.3 Å². The highest BCUT2D eigenvalue weighted by Gasteiger charge is 2.06. The van der Waals surface area contributed by atoms with Gasteiger partial charge in [0, 0.05) is 15.6 Å². The summed E-state index contributed by atoms with van der Waals surface area (Å²) in [4.78, 5) is 10.7. The monoisotopic (exact) mass is 192 g/mol. The van der Waals surface area contributed by atoms with Crippen LogP contribution < -0.4 is 4.74 Å². The van der Waals surface area contributed by atoms with Crippen LogP contribution in [0, 0.1) is 0 Å². The number of methoxy groups -OCH3 is 1. The van der Waals surface area contributed by atoms with E-state index >= 15 is 0 Å². The lowest BCUT2D eigenvalue weighted by atomic mass is 10.1. The Morgan fingerprint density at radius 2 is 2.23 bits per heavy atom. The van der Waals surface area contributed by atoms with Crippen molar-refractivity contribution in [2.45, 2.75) is 0 Å². The number of carbonyl (C=O) groups excluding carboxylic acids is 1. The standard InChI is InChI=1S/C10H8O2S/c1-12-9-3-2-7(6-11)10-8(9)4-5-13-10/h2-6H,1H3. The van der Waals surface area contributed by atoms with Crippen LogP contribution in [-0.4, -0.2) is 13.4 Å². The summed E-state index contributed by atoms with van der Waals surface area (Å²) in [5, 5.41) is 2.97. The highest BCUT2D eigenvalue weighted by atomic mass is 32.1. The lowest BCUT2D eigenvalue weighted by Gasteiger charge is -2.01. The molecule has 1 aromatic carbocycles. The average molecular weight is 192 g/mol. The van der Waals surface area contributed by atoms with E-state index in [2.05, 4.69) is 0 Å². The molecular formula is C10H8O2S. The highest BCUT2D eigenvalue weighted by molar-refractivity contribution is 7.17. The van der Waals surface area contributed by atoms with Crippen LogP contribution in [0.1, 0.15) is 10.4 Å². The summed E-state index contributed by atoms with van der Waals surface area (Å²) in [5.74, 6) is 0.821. The van der Waals surface area contributed by atoms with E-state index in [9.17, 15) is 4.79 Å². The Labute approximate surface area is 79.8 Å². The molecule has 2 nitrogen and oxygen atoms in total. The van der Waals surface area contributed by atoms with E-state index in [-0.39, 0.29) is 0 Å². The van der Waals surface area contributed by atoms with Gasteiger partial charge in [0.2, 0.25) is 0 Å². The van der Waals surface area contributed by atoms with Crippen molar-refractivity contribution in [1.29, 1.82) is 0 Å². The molecule has 1 aromatic heterocycles. The minimum absolute atomic E-state index is 0.728. The maximum absolute atomic E-state index is 10.7. The maximum Gasteiger partial charge on any atom is 0.151 e. The van der Waals surface area contributed by atoms with Crippen LogP contribution in [-0.2, 0) is 0 Å². The molecule has 0 fully saturated rings. The zero-order valence-electron chi connectivity index (χ0n) is 7.11. The summed E-state index contributed by atoms with van der Waals surface area (Å²) in [6.45, 7) is 0. The molecule has 0 atom stereocenters. The molecule has 2 aromatic rings. The van der Waals surface area contributed by atoms with E-state index in [4.69, 9.17) is 4.74 Å². The van der Waals surface area contributed by atoms with Crippen LogP contribution in [0.2, 0.25) is 0 Å². The number of carbonyl (C=O) groups is 1. The van der Waals surface area contributed by atoms with Gasteiger partial charge in [-0.25, -0.2) is 0 Å². The van der Waals surface area contributed by atoms with Gasteiger partial charge in [-0.2, -0.15) is 0 Å². The van der Waals surface area contributed by atoms with Crippen LogP contribution in [0.3, 0.4) is 0 Å². The van der Waals surface area contributed by atoms with Crippen molar-refractivity contribution in [3.8, 4) is 5.75 Å². The van der Waals surface area contributed by atoms with Gasteiger partial charge in [0.15, 0.2) is 6.29 Å². The van der Waals surface area contributed by atoms with Gasteiger partial charge in [-0.05, 0) is 23.6 Å². The largest absolute Gasteiger partial charge is 0.496 e. The molecule has 0 unspecified atom stereocenters. The van der Waals surface area contributed by atoms with Crippen LogP contribution in [0.5, 0.6) is 5.75 Å². The zero-order chi connectivity index (χ0) is 9.26. The molecule has 0 radical (unpaired) electrons. The SMILES string of the molecule is COc1ccc(C=O)c2sccc12. The number of ether oxygens (including phenoxy) is 1. The first-order valence-corrected chi connectivity index (χ1v) is 4.74. The Kier molecular flexibility index (Phi) is 2.02. The van der Waals surface area contributed by atoms with E-state index < -0.39 is 0 Å². The lowest BCUT2D eigenvalue weighted by molar-refractivity contribution is 0.112. The van der Waals surface area contributed by atoms with E-state index in [1.807, 2.05) is 17.5 Å². The summed E-state index contributed by atoms with van der Waals surface area (Å²) in [7, 11) is 1.63. The first-order valence-electron chi connectivity index (χ1n) is 3.86. The molecule has 2 rings (SSSR count). The Hall–Kier alpha value is -1.35. The summed E-state index contributed by atoms with van der Waals surface area (Å²) in [6.07, 6.45) is 0.873. The molecular weight excluding hydrogens is 184 g/mol.